The number of benzene rings is 4. The maximum absolute atomic E-state index is 2.31. The summed E-state index contributed by atoms with van der Waals surface area (Å²) in [6.07, 6.45) is 0. The van der Waals surface area contributed by atoms with Crippen LogP contribution in [0.2, 0.25) is 0 Å². The molecule has 0 bridgehead atoms. The molecule has 0 spiro atoms. The Labute approximate surface area is 204 Å². The van der Waals surface area contributed by atoms with Crippen molar-refractivity contribution in [1.82, 2.24) is 0 Å². The van der Waals surface area contributed by atoms with E-state index in [1.54, 1.807) is 0 Å². The van der Waals surface area contributed by atoms with Gasteiger partial charge in [0.25, 0.3) is 0 Å². The van der Waals surface area contributed by atoms with E-state index in [9.17, 15) is 0 Å². The Kier molecular flexibility index (Phi) is 6.96. The molecule has 0 saturated heterocycles. The second-order valence-electron chi connectivity index (χ2n) is 7.63. The van der Waals surface area contributed by atoms with Crippen molar-refractivity contribution < 1.29 is 25.8 Å². The van der Waals surface area contributed by atoms with Crippen LogP contribution in [0, 0.1) is 6.92 Å². The molecule has 0 aliphatic rings. The van der Waals surface area contributed by atoms with E-state index < -0.39 is 0 Å². The Balaban J connectivity index is 0.000000149. The molecule has 2 heteroatoms. The van der Waals surface area contributed by atoms with Gasteiger partial charge in [-0.15, -0.1) is 80.1 Å². The van der Waals surface area contributed by atoms with E-state index in [0.717, 1.165) is 8.58 Å². The molecule has 31 heavy (non-hydrogen) atoms. The molecule has 1 atom stereocenters. The van der Waals surface area contributed by atoms with Crippen LogP contribution in [0.15, 0.2) is 115 Å². The molecule has 0 aliphatic carbocycles. The zero-order chi connectivity index (χ0) is 20.3. The first-order chi connectivity index (χ1) is 14.8. The van der Waals surface area contributed by atoms with E-state index in [-0.39, 0.29) is 25.8 Å². The molecule has 150 valence electrons. The number of fused-ring (bicyclic) bond motifs is 4. The van der Waals surface area contributed by atoms with Crippen LogP contribution in [0.3, 0.4) is 0 Å². The maximum Gasteiger partial charge on any atom is 0 e. The summed E-state index contributed by atoms with van der Waals surface area (Å²) < 4.78 is 0. The predicted octanol–water partition coefficient (Wildman–Crippen LogP) is 7.21. The van der Waals surface area contributed by atoms with Crippen molar-refractivity contribution in [3.63, 3.8) is 0 Å². The van der Waals surface area contributed by atoms with E-state index >= 15 is 0 Å². The monoisotopic (exact) mass is 582 g/mol. The quantitative estimate of drug-likeness (QED) is 0.115. The Morgan fingerprint density at radius 2 is 1.13 bits per heavy atom. The summed E-state index contributed by atoms with van der Waals surface area (Å²) in [6.45, 7) is 2.19. The molecule has 0 amide bonds. The fourth-order valence-electron chi connectivity index (χ4n) is 4.00. The Hall–Kier alpha value is -2.34. The van der Waals surface area contributed by atoms with Crippen LogP contribution in [0.5, 0.6) is 0 Å². The minimum Gasteiger partial charge on any atom is -0.160 e. The molecule has 6 rings (SSSR count). The van der Waals surface area contributed by atoms with E-state index in [1.807, 2.05) is 0 Å². The van der Waals surface area contributed by atoms with Crippen LogP contribution in [0.4, 0.5) is 0 Å². The minimum absolute atomic E-state index is 0. The number of aryl methyl sites for hydroxylation is 1. The van der Waals surface area contributed by atoms with Crippen LogP contribution < -0.4 is 10.6 Å². The van der Waals surface area contributed by atoms with Gasteiger partial charge in [0.1, 0.15) is 0 Å². The van der Waals surface area contributed by atoms with Gasteiger partial charge in [0, 0.05) is 25.8 Å². The Morgan fingerprint density at radius 1 is 0.581 bits per heavy atom. The Bertz CT molecular complexity index is 1350. The van der Waals surface area contributed by atoms with E-state index in [4.69, 9.17) is 0 Å². The zero-order valence-corrected chi connectivity index (χ0v) is 22.1. The first kappa shape index (κ1) is 21.9. The molecule has 0 saturated carbocycles. The number of hydrogen-bond acceptors (Lipinski definition) is 0. The third-order valence-electron chi connectivity index (χ3n) is 5.56. The average Bonchev–Trinajstić information content (AvgIpc) is 3.36. The van der Waals surface area contributed by atoms with Gasteiger partial charge in [-0.1, -0.05) is 75.3 Å². The molecule has 6 aromatic carbocycles. The van der Waals surface area contributed by atoms with E-state index in [2.05, 4.69) is 122 Å². The molecule has 6 aromatic rings. The van der Waals surface area contributed by atoms with Crippen molar-refractivity contribution in [2.75, 3.05) is 0 Å². The van der Waals surface area contributed by atoms with E-state index in [0.29, 0.717) is 0 Å². The smallest absolute Gasteiger partial charge is 0 e. The van der Waals surface area contributed by atoms with Crippen molar-refractivity contribution in [3.8, 4) is 0 Å². The van der Waals surface area contributed by atoms with Crippen molar-refractivity contribution in [2.24, 2.45) is 0 Å². The summed E-state index contributed by atoms with van der Waals surface area (Å²) in [5.74, 6) is 0. The SMILES string of the molecule is Cc1ccccc1Pc1cc2ccccc2[cH-]1.[Hf].c1ccc2c(c1)[cH-]c1ccccc12. The average molecular weight is 581 g/mol. The molecular formula is C29H23HfP-2. The van der Waals surface area contributed by atoms with E-state index in [1.165, 1.54) is 48.5 Å². The van der Waals surface area contributed by atoms with Gasteiger partial charge < -0.3 is 0 Å². The van der Waals surface area contributed by atoms with Gasteiger partial charge in [-0.25, -0.2) is 0 Å². The number of rotatable bonds is 2. The minimum atomic E-state index is 0. The van der Waals surface area contributed by atoms with Gasteiger partial charge in [0.2, 0.25) is 0 Å². The third kappa shape index (κ3) is 4.79. The van der Waals surface area contributed by atoms with Crippen molar-refractivity contribution in [1.29, 1.82) is 0 Å². The Morgan fingerprint density at radius 3 is 1.77 bits per heavy atom. The fraction of sp³-hybridized carbons (Fsp3) is 0.0345. The van der Waals surface area contributed by atoms with Crippen LogP contribution in [-0.4, -0.2) is 0 Å². The molecule has 0 radical (unpaired) electrons. The van der Waals surface area contributed by atoms with Crippen LogP contribution in [-0.2, 0) is 25.8 Å². The topological polar surface area (TPSA) is 0 Å². The molecule has 0 heterocycles. The third-order valence-corrected chi connectivity index (χ3v) is 6.97. The fourth-order valence-corrected chi connectivity index (χ4v) is 5.22. The second-order valence-corrected chi connectivity index (χ2v) is 9.00. The van der Waals surface area contributed by atoms with Crippen LogP contribution >= 0.6 is 8.58 Å². The summed E-state index contributed by atoms with van der Waals surface area (Å²) in [4.78, 5) is 0. The molecule has 0 N–H and O–H groups in total. The molecule has 0 aliphatic heterocycles. The largest absolute Gasteiger partial charge is 0.160 e. The summed E-state index contributed by atoms with van der Waals surface area (Å²) in [6, 6.07) is 41.1. The van der Waals surface area contributed by atoms with Gasteiger partial charge >= 0.3 is 0 Å². The van der Waals surface area contributed by atoms with Gasteiger partial charge in [-0.2, -0.15) is 6.07 Å². The standard InChI is InChI=1S/C16H14P.C13H9.Hf/c1-12-6-2-5-9-16(12)17-15-10-13-7-3-4-8-14(13)11-15;1-3-7-12-10(5-1)9-11-6-2-4-8-13(11)12;/h2-11,17H,1H3;1-9H;/q2*-1;. The predicted molar refractivity (Wildman–Crippen MR) is 135 cm³/mol. The van der Waals surface area contributed by atoms with Crippen molar-refractivity contribution in [2.45, 2.75) is 6.92 Å². The molecule has 0 aromatic heterocycles. The van der Waals surface area contributed by atoms with Crippen LogP contribution in [0.25, 0.3) is 32.3 Å². The van der Waals surface area contributed by atoms with Gasteiger partial charge in [0.05, 0.1) is 0 Å². The first-order valence-corrected chi connectivity index (χ1v) is 11.3. The summed E-state index contributed by atoms with van der Waals surface area (Å²) >= 11 is 0. The van der Waals surface area contributed by atoms with Crippen LogP contribution in [0.1, 0.15) is 5.56 Å². The number of hydrogen-bond donors (Lipinski definition) is 0. The second kappa shape index (κ2) is 9.86. The van der Waals surface area contributed by atoms with Crippen molar-refractivity contribution >= 4 is 51.5 Å². The molecule has 1 unspecified atom stereocenters. The maximum atomic E-state index is 2.31. The molecule has 0 nitrogen and oxygen atoms in total. The van der Waals surface area contributed by atoms with Gasteiger partial charge in [-0.05, 0) is 17.8 Å². The van der Waals surface area contributed by atoms with Gasteiger partial charge in [0.15, 0.2) is 0 Å². The van der Waals surface area contributed by atoms with Gasteiger partial charge in [-0.3, -0.25) is 0 Å². The van der Waals surface area contributed by atoms with Crippen molar-refractivity contribution in [3.05, 3.63) is 121 Å². The normalized spacial score (nSPS) is 11.0. The zero-order valence-electron chi connectivity index (χ0n) is 17.5. The molecule has 0 fully saturated rings. The molecular weight excluding hydrogens is 558 g/mol. The first-order valence-electron chi connectivity index (χ1n) is 10.3. The summed E-state index contributed by atoms with van der Waals surface area (Å²) in [5.41, 5.74) is 1.39. The summed E-state index contributed by atoms with van der Waals surface area (Å²) in [5, 5.41) is 11.0. The summed E-state index contributed by atoms with van der Waals surface area (Å²) in [7, 11) is 0.759.